The van der Waals surface area contributed by atoms with E-state index in [1.807, 2.05) is 0 Å². The second-order valence-corrected chi connectivity index (χ2v) is 3.54. The van der Waals surface area contributed by atoms with Crippen molar-refractivity contribution in [1.29, 1.82) is 5.41 Å². The van der Waals surface area contributed by atoms with Crippen LogP contribution in [0.2, 0.25) is 0 Å². The molecule has 58 valence electrons. The molecule has 1 nitrogen and oxygen atoms in total. The normalized spacial score (nSPS) is 34.9. The van der Waals surface area contributed by atoms with E-state index < -0.39 is 0 Å². The first-order chi connectivity index (χ1) is 4.83. The van der Waals surface area contributed by atoms with Gasteiger partial charge in [-0.05, 0) is 30.9 Å². The van der Waals surface area contributed by atoms with Crippen LogP contribution >= 0.6 is 0 Å². The zero-order chi connectivity index (χ0) is 7.40. The van der Waals surface area contributed by atoms with E-state index in [1.165, 1.54) is 32.1 Å². The van der Waals surface area contributed by atoms with E-state index in [1.54, 1.807) is 6.21 Å². The van der Waals surface area contributed by atoms with Crippen LogP contribution in [0.25, 0.3) is 0 Å². The fraction of sp³-hybridized carbons (Fsp3) is 0.889. The maximum Gasteiger partial charge on any atom is -0.00167 e. The van der Waals surface area contributed by atoms with Crippen molar-refractivity contribution in [3.8, 4) is 0 Å². The van der Waals surface area contributed by atoms with Crippen molar-refractivity contribution < 1.29 is 0 Å². The summed E-state index contributed by atoms with van der Waals surface area (Å²) in [5.74, 6) is 1.51. The van der Waals surface area contributed by atoms with Crippen molar-refractivity contribution >= 4 is 6.21 Å². The first-order valence-corrected chi connectivity index (χ1v) is 4.33. The Labute approximate surface area is 63.3 Å². The van der Waals surface area contributed by atoms with Crippen LogP contribution in [0.5, 0.6) is 0 Å². The van der Waals surface area contributed by atoms with E-state index in [-0.39, 0.29) is 0 Å². The third-order valence-corrected chi connectivity index (χ3v) is 2.54. The van der Waals surface area contributed by atoms with Gasteiger partial charge in [0, 0.05) is 0 Å². The lowest BCUT2D eigenvalue weighted by Gasteiger charge is -2.05. The maximum atomic E-state index is 7.14. The van der Waals surface area contributed by atoms with Gasteiger partial charge in [-0.2, -0.15) is 0 Å². The third-order valence-electron chi connectivity index (χ3n) is 2.54. The molecule has 0 radical (unpaired) electrons. The van der Waals surface area contributed by atoms with Gasteiger partial charge in [0.15, 0.2) is 0 Å². The lowest BCUT2D eigenvalue weighted by molar-refractivity contribution is 0.500. The first-order valence-electron chi connectivity index (χ1n) is 4.33. The van der Waals surface area contributed by atoms with E-state index in [0.29, 0.717) is 5.92 Å². The molecule has 1 saturated carbocycles. The Bertz CT molecular complexity index is 109. The summed E-state index contributed by atoms with van der Waals surface area (Å²) in [5, 5.41) is 7.14. The van der Waals surface area contributed by atoms with Crippen molar-refractivity contribution in [1.82, 2.24) is 0 Å². The van der Waals surface area contributed by atoms with Gasteiger partial charge in [0.1, 0.15) is 0 Å². The Kier molecular flexibility index (Phi) is 2.91. The highest BCUT2D eigenvalue weighted by Gasteiger charge is 2.13. The molecule has 1 N–H and O–H groups in total. The third kappa shape index (κ3) is 2.13. The second-order valence-electron chi connectivity index (χ2n) is 3.54. The molecule has 1 aliphatic rings. The van der Waals surface area contributed by atoms with Crippen LogP contribution in [0.3, 0.4) is 0 Å². The predicted molar refractivity (Wildman–Crippen MR) is 44.5 cm³/mol. The standard InChI is InChI=1S/C9H17N/c1-8-3-2-4-9(7-10)6-5-8/h7-10H,2-6H2,1H3. The number of hydrogen-bond donors (Lipinski definition) is 1. The molecular formula is C9H17N. The van der Waals surface area contributed by atoms with E-state index in [2.05, 4.69) is 6.92 Å². The van der Waals surface area contributed by atoms with Crippen molar-refractivity contribution in [2.75, 3.05) is 0 Å². The molecule has 0 aromatic carbocycles. The van der Waals surface area contributed by atoms with Crippen LogP contribution in [0, 0.1) is 17.2 Å². The molecule has 0 aliphatic heterocycles. The molecule has 10 heavy (non-hydrogen) atoms. The predicted octanol–water partition coefficient (Wildman–Crippen LogP) is 2.85. The smallest absolute Gasteiger partial charge is 0.00167 e. The van der Waals surface area contributed by atoms with Gasteiger partial charge >= 0.3 is 0 Å². The van der Waals surface area contributed by atoms with Crippen LogP contribution in [0.15, 0.2) is 0 Å². The minimum Gasteiger partial charge on any atom is -0.313 e. The van der Waals surface area contributed by atoms with Gasteiger partial charge in [0.25, 0.3) is 0 Å². The summed E-state index contributed by atoms with van der Waals surface area (Å²) in [6, 6.07) is 0. The van der Waals surface area contributed by atoms with E-state index in [4.69, 9.17) is 5.41 Å². The van der Waals surface area contributed by atoms with Crippen LogP contribution in [-0.4, -0.2) is 6.21 Å². The molecule has 0 spiro atoms. The number of rotatable bonds is 1. The lowest BCUT2D eigenvalue weighted by Crippen LogP contribution is -1.98. The van der Waals surface area contributed by atoms with Gasteiger partial charge in [-0.25, -0.2) is 0 Å². The Morgan fingerprint density at radius 3 is 2.70 bits per heavy atom. The van der Waals surface area contributed by atoms with Crippen LogP contribution in [0.4, 0.5) is 0 Å². The average Bonchev–Trinajstić information content (AvgIpc) is 2.14. The molecule has 0 aromatic heterocycles. The van der Waals surface area contributed by atoms with Gasteiger partial charge < -0.3 is 5.41 Å². The van der Waals surface area contributed by atoms with Gasteiger partial charge in [-0.15, -0.1) is 0 Å². The van der Waals surface area contributed by atoms with E-state index in [9.17, 15) is 0 Å². The van der Waals surface area contributed by atoms with Crippen molar-refractivity contribution in [2.24, 2.45) is 11.8 Å². The van der Waals surface area contributed by atoms with Crippen LogP contribution in [0.1, 0.15) is 39.0 Å². The minimum absolute atomic E-state index is 0.602. The van der Waals surface area contributed by atoms with Gasteiger partial charge in [0.05, 0.1) is 0 Å². The highest BCUT2D eigenvalue weighted by molar-refractivity contribution is 5.56. The first kappa shape index (κ1) is 7.77. The molecule has 1 rings (SSSR count). The summed E-state index contributed by atoms with van der Waals surface area (Å²) >= 11 is 0. The fourth-order valence-electron chi connectivity index (χ4n) is 1.68. The summed E-state index contributed by atoms with van der Waals surface area (Å²) in [5.41, 5.74) is 0. The lowest BCUT2D eigenvalue weighted by atomic mass is 10.0. The monoisotopic (exact) mass is 139 g/mol. The molecule has 0 heterocycles. The topological polar surface area (TPSA) is 23.9 Å². The molecule has 2 unspecified atom stereocenters. The van der Waals surface area contributed by atoms with Gasteiger partial charge in [-0.1, -0.05) is 26.2 Å². The largest absolute Gasteiger partial charge is 0.313 e. The highest BCUT2D eigenvalue weighted by Crippen LogP contribution is 2.25. The summed E-state index contributed by atoms with van der Waals surface area (Å²) in [6.07, 6.45) is 8.20. The minimum atomic E-state index is 0.602. The van der Waals surface area contributed by atoms with Crippen LogP contribution in [-0.2, 0) is 0 Å². The second kappa shape index (κ2) is 3.75. The molecule has 0 bridgehead atoms. The molecular weight excluding hydrogens is 122 g/mol. The van der Waals surface area contributed by atoms with Gasteiger partial charge in [0.2, 0.25) is 0 Å². The fourth-order valence-corrected chi connectivity index (χ4v) is 1.68. The van der Waals surface area contributed by atoms with E-state index in [0.717, 1.165) is 5.92 Å². The Hall–Kier alpha value is -0.330. The van der Waals surface area contributed by atoms with Crippen LogP contribution < -0.4 is 0 Å². The molecule has 1 aliphatic carbocycles. The summed E-state index contributed by atoms with van der Waals surface area (Å²) in [4.78, 5) is 0. The summed E-state index contributed by atoms with van der Waals surface area (Å²) in [6.45, 7) is 2.33. The summed E-state index contributed by atoms with van der Waals surface area (Å²) < 4.78 is 0. The maximum absolute atomic E-state index is 7.14. The number of hydrogen-bond acceptors (Lipinski definition) is 1. The average molecular weight is 139 g/mol. The molecule has 1 fully saturated rings. The molecule has 0 saturated heterocycles. The van der Waals surface area contributed by atoms with Crippen molar-refractivity contribution in [3.63, 3.8) is 0 Å². The molecule has 2 atom stereocenters. The molecule has 1 heteroatoms. The zero-order valence-electron chi connectivity index (χ0n) is 6.77. The highest BCUT2D eigenvalue weighted by atomic mass is 14.4. The van der Waals surface area contributed by atoms with Crippen molar-refractivity contribution in [2.45, 2.75) is 39.0 Å². The van der Waals surface area contributed by atoms with Gasteiger partial charge in [-0.3, -0.25) is 0 Å². The number of nitrogens with one attached hydrogen (secondary N) is 1. The molecule has 0 aromatic rings. The Balaban J connectivity index is 2.32. The Morgan fingerprint density at radius 2 is 2.00 bits per heavy atom. The Morgan fingerprint density at radius 1 is 1.20 bits per heavy atom. The SMILES string of the molecule is CC1CCCC(C=N)CC1. The quantitative estimate of drug-likeness (QED) is 0.426. The summed E-state index contributed by atoms with van der Waals surface area (Å²) in [7, 11) is 0. The molecule has 0 amide bonds. The zero-order valence-corrected chi connectivity index (χ0v) is 6.77. The van der Waals surface area contributed by atoms with E-state index >= 15 is 0 Å². The van der Waals surface area contributed by atoms with Crippen molar-refractivity contribution in [3.05, 3.63) is 0 Å².